The van der Waals surface area contributed by atoms with Crippen molar-refractivity contribution in [2.75, 3.05) is 13.2 Å². The Morgan fingerprint density at radius 3 is 2.65 bits per heavy atom. The Labute approximate surface area is 122 Å². The molecular formula is C16H29NO3. The third kappa shape index (κ3) is 4.74. The number of nitrogens with one attached hydrogen (secondary N) is 1. The molecule has 0 spiro atoms. The van der Waals surface area contributed by atoms with E-state index in [0.717, 1.165) is 57.5 Å². The van der Waals surface area contributed by atoms with Crippen LogP contribution >= 0.6 is 0 Å². The van der Waals surface area contributed by atoms with E-state index in [-0.39, 0.29) is 12.0 Å². The van der Waals surface area contributed by atoms with Crippen LogP contribution in [-0.2, 0) is 9.53 Å². The molecule has 0 aromatic heterocycles. The van der Waals surface area contributed by atoms with Gasteiger partial charge in [-0.25, -0.2) is 0 Å². The lowest BCUT2D eigenvalue weighted by Crippen LogP contribution is -2.46. The summed E-state index contributed by atoms with van der Waals surface area (Å²) in [6.45, 7) is 3.39. The van der Waals surface area contributed by atoms with Crippen LogP contribution in [0.3, 0.4) is 0 Å². The van der Waals surface area contributed by atoms with Crippen molar-refractivity contribution in [3.8, 4) is 0 Å². The highest BCUT2D eigenvalue weighted by Crippen LogP contribution is 2.33. The zero-order valence-corrected chi connectivity index (χ0v) is 12.7. The van der Waals surface area contributed by atoms with E-state index in [9.17, 15) is 9.90 Å². The SMILES string of the molecule is CCC1CCC(O)(CNC(=O)CC2CCCCO2)CC1. The predicted octanol–water partition coefficient (Wildman–Crippen LogP) is 2.39. The van der Waals surface area contributed by atoms with Crippen LogP contribution in [0.5, 0.6) is 0 Å². The summed E-state index contributed by atoms with van der Waals surface area (Å²) in [6, 6.07) is 0. The number of hydrogen-bond donors (Lipinski definition) is 2. The summed E-state index contributed by atoms with van der Waals surface area (Å²) >= 11 is 0. The maximum absolute atomic E-state index is 11.9. The van der Waals surface area contributed by atoms with E-state index in [1.54, 1.807) is 0 Å². The van der Waals surface area contributed by atoms with Gasteiger partial charge in [-0.1, -0.05) is 13.3 Å². The number of amides is 1. The Balaban J connectivity index is 1.67. The summed E-state index contributed by atoms with van der Waals surface area (Å²) in [5, 5.41) is 13.4. The topological polar surface area (TPSA) is 58.6 Å². The summed E-state index contributed by atoms with van der Waals surface area (Å²) in [7, 11) is 0. The minimum atomic E-state index is -0.686. The second kappa shape index (κ2) is 7.41. The van der Waals surface area contributed by atoms with Gasteiger partial charge in [0.15, 0.2) is 0 Å². The molecule has 2 N–H and O–H groups in total. The van der Waals surface area contributed by atoms with Crippen LogP contribution in [0.2, 0.25) is 0 Å². The van der Waals surface area contributed by atoms with Crippen LogP contribution in [0, 0.1) is 5.92 Å². The fraction of sp³-hybridized carbons (Fsp3) is 0.938. The molecule has 1 aliphatic carbocycles. The highest BCUT2D eigenvalue weighted by Gasteiger charge is 2.33. The molecule has 0 aromatic carbocycles. The molecule has 2 aliphatic rings. The average molecular weight is 283 g/mol. The van der Waals surface area contributed by atoms with Crippen LogP contribution < -0.4 is 5.32 Å². The highest BCUT2D eigenvalue weighted by molar-refractivity contribution is 5.76. The molecular weight excluding hydrogens is 254 g/mol. The molecule has 1 amide bonds. The molecule has 1 saturated carbocycles. The van der Waals surface area contributed by atoms with Crippen LogP contribution in [0.1, 0.15) is 64.7 Å². The molecule has 116 valence electrons. The number of carbonyl (C=O) groups is 1. The molecule has 2 fully saturated rings. The predicted molar refractivity (Wildman–Crippen MR) is 78.4 cm³/mol. The van der Waals surface area contributed by atoms with Gasteiger partial charge < -0.3 is 15.2 Å². The van der Waals surface area contributed by atoms with E-state index in [0.29, 0.717) is 13.0 Å². The Morgan fingerprint density at radius 2 is 2.05 bits per heavy atom. The molecule has 4 nitrogen and oxygen atoms in total. The number of hydrogen-bond acceptors (Lipinski definition) is 3. The zero-order chi connectivity index (χ0) is 14.4. The monoisotopic (exact) mass is 283 g/mol. The van der Waals surface area contributed by atoms with Gasteiger partial charge in [-0.3, -0.25) is 4.79 Å². The molecule has 0 aromatic rings. The zero-order valence-electron chi connectivity index (χ0n) is 12.7. The van der Waals surface area contributed by atoms with Gasteiger partial charge in [0.1, 0.15) is 0 Å². The van der Waals surface area contributed by atoms with E-state index in [4.69, 9.17) is 4.74 Å². The van der Waals surface area contributed by atoms with Gasteiger partial charge >= 0.3 is 0 Å². The molecule has 1 heterocycles. The van der Waals surface area contributed by atoms with Crippen molar-refractivity contribution in [1.82, 2.24) is 5.32 Å². The summed E-state index contributed by atoms with van der Waals surface area (Å²) < 4.78 is 5.57. The van der Waals surface area contributed by atoms with Gasteiger partial charge in [-0.2, -0.15) is 0 Å². The van der Waals surface area contributed by atoms with Crippen molar-refractivity contribution >= 4 is 5.91 Å². The molecule has 1 atom stereocenters. The maximum atomic E-state index is 11.9. The van der Waals surface area contributed by atoms with Crippen molar-refractivity contribution in [2.24, 2.45) is 5.92 Å². The van der Waals surface area contributed by atoms with E-state index < -0.39 is 5.60 Å². The first-order chi connectivity index (χ1) is 9.61. The lowest BCUT2D eigenvalue weighted by Gasteiger charge is -2.36. The van der Waals surface area contributed by atoms with Gasteiger partial charge in [0, 0.05) is 13.2 Å². The molecule has 1 unspecified atom stereocenters. The van der Waals surface area contributed by atoms with Gasteiger partial charge in [0.2, 0.25) is 5.91 Å². The fourth-order valence-electron chi connectivity index (χ4n) is 3.31. The van der Waals surface area contributed by atoms with Crippen molar-refractivity contribution in [2.45, 2.75) is 76.4 Å². The quantitative estimate of drug-likeness (QED) is 0.814. The summed E-state index contributed by atoms with van der Waals surface area (Å²) in [6.07, 6.45) is 8.73. The highest BCUT2D eigenvalue weighted by atomic mass is 16.5. The molecule has 20 heavy (non-hydrogen) atoms. The molecule has 0 radical (unpaired) electrons. The first-order valence-electron chi connectivity index (χ1n) is 8.22. The standard InChI is InChI=1S/C16H29NO3/c1-2-13-6-8-16(19,9-7-13)12-17-15(18)11-14-5-3-4-10-20-14/h13-14,19H,2-12H2,1H3,(H,17,18). The van der Waals surface area contributed by atoms with Gasteiger partial charge in [0.05, 0.1) is 18.1 Å². The third-order valence-electron chi connectivity index (χ3n) is 4.91. The van der Waals surface area contributed by atoms with Crippen molar-refractivity contribution in [1.29, 1.82) is 0 Å². The minimum Gasteiger partial charge on any atom is -0.388 e. The van der Waals surface area contributed by atoms with Crippen molar-refractivity contribution in [3.63, 3.8) is 0 Å². The largest absolute Gasteiger partial charge is 0.388 e. The third-order valence-corrected chi connectivity index (χ3v) is 4.91. The number of ether oxygens (including phenoxy) is 1. The van der Waals surface area contributed by atoms with Crippen molar-refractivity contribution in [3.05, 3.63) is 0 Å². The first-order valence-corrected chi connectivity index (χ1v) is 8.22. The fourth-order valence-corrected chi connectivity index (χ4v) is 3.31. The van der Waals surface area contributed by atoms with E-state index in [2.05, 4.69) is 12.2 Å². The second-order valence-corrected chi connectivity index (χ2v) is 6.55. The first kappa shape index (κ1) is 15.8. The normalized spacial score (nSPS) is 34.7. The van der Waals surface area contributed by atoms with Crippen molar-refractivity contribution < 1.29 is 14.6 Å². The Hall–Kier alpha value is -0.610. The Bertz CT molecular complexity index is 305. The summed E-state index contributed by atoms with van der Waals surface area (Å²) in [4.78, 5) is 11.9. The Kier molecular flexibility index (Phi) is 5.85. The molecule has 1 aliphatic heterocycles. The van der Waals surface area contributed by atoms with Gasteiger partial charge in [-0.05, 0) is 50.9 Å². The lowest BCUT2D eigenvalue weighted by molar-refractivity contribution is -0.126. The molecule has 2 rings (SSSR count). The van der Waals surface area contributed by atoms with E-state index in [1.807, 2.05) is 0 Å². The summed E-state index contributed by atoms with van der Waals surface area (Å²) in [5.74, 6) is 0.768. The van der Waals surface area contributed by atoms with Crippen LogP contribution in [0.4, 0.5) is 0 Å². The summed E-state index contributed by atoms with van der Waals surface area (Å²) in [5.41, 5.74) is -0.686. The molecule has 0 bridgehead atoms. The Morgan fingerprint density at radius 1 is 1.30 bits per heavy atom. The molecule has 1 saturated heterocycles. The van der Waals surface area contributed by atoms with E-state index >= 15 is 0 Å². The molecule has 4 heteroatoms. The van der Waals surface area contributed by atoms with Crippen LogP contribution in [-0.4, -0.2) is 35.9 Å². The minimum absolute atomic E-state index is 0.0166. The van der Waals surface area contributed by atoms with Gasteiger partial charge in [0.25, 0.3) is 0 Å². The number of carbonyl (C=O) groups excluding carboxylic acids is 1. The van der Waals surface area contributed by atoms with Crippen LogP contribution in [0.15, 0.2) is 0 Å². The average Bonchev–Trinajstić information content (AvgIpc) is 2.47. The smallest absolute Gasteiger partial charge is 0.222 e. The van der Waals surface area contributed by atoms with Crippen LogP contribution in [0.25, 0.3) is 0 Å². The second-order valence-electron chi connectivity index (χ2n) is 6.55. The maximum Gasteiger partial charge on any atom is 0.222 e. The van der Waals surface area contributed by atoms with E-state index in [1.165, 1.54) is 6.42 Å². The van der Waals surface area contributed by atoms with Gasteiger partial charge in [-0.15, -0.1) is 0 Å². The number of rotatable bonds is 5. The number of aliphatic hydroxyl groups is 1. The lowest BCUT2D eigenvalue weighted by atomic mass is 9.78.